The molecule has 1 aromatic rings. The van der Waals surface area contributed by atoms with Crippen molar-refractivity contribution in [2.24, 2.45) is 0 Å². The summed E-state index contributed by atoms with van der Waals surface area (Å²) >= 11 is 1.23. The van der Waals surface area contributed by atoms with Gasteiger partial charge in [0.2, 0.25) is 0 Å². The van der Waals surface area contributed by atoms with Gasteiger partial charge in [-0.05, 0) is 44.9 Å². The normalized spacial score (nSPS) is 20.9. The molecule has 1 aromatic heterocycles. The Bertz CT molecular complexity index is 433. The number of carbonyl (C=O) groups is 1. The Kier molecular flexibility index (Phi) is 4.19. The average molecular weight is 269 g/mol. The minimum absolute atomic E-state index is 0.318. The zero-order valence-electron chi connectivity index (χ0n) is 10.8. The number of hydrogen-bond acceptors (Lipinski definition) is 5. The van der Waals surface area contributed by atoms with Gasteiger partial charge in [0.05, 0.1) is 5.69 Å². The molecule has 0 radical (unpaired) electrons. The number of aromatic carboxylic acids is 1. The standard InChI is InChI=1S/C12H19N3O2S/c1-8-10(12(16)17)11(18-14-8)13-7-9-5-3-4-6-15(9)2/h9,13H,3-7H2,1-2H3,(H,16,17). The third-order valence-electron chi connectivity index (χ3n) is 3.50. The number of piperidine rings is 1. The minimum atomic E-state index is -0.902. The van der Waals surface area contributed by atoms with Gasteiger partial charge in [-0.1, -0.05) is 6.42 Å². The smallest absolute Gasteiger partial charge is 0.340 e. The van der Waals surface area contributed by atoms with E-state index in [0.717, 1.165) is 13.1 Å². The molecule has 0 spiro atoms. The first-order valence-corrected chi connectivity index (χ1v) is 7.00. The molecular weight excluding hydrogens is 250 g/mol. The van der Waals surface area contributed by atoms with E-state index in [2.05, 4.69) is 21.6 Å². The van der Waals surface area contributed by atoms with E-state index < -0.39 is 5.97 Å². The Balaban J connectivity index is 1.99. The SMILES string of the molecule is Cc1nsc(NCC2CCCCN2C)c1C(=O)O. The van der Waals surface area contributed by atoms with Crippen LogP contribution in [0.2, 0.25) is 0 Å². The second-order valence-corrected chi connectivity index (χ2v) is 5.56. The molecule has 0 aliphatic carbocycles. The quantitative estimate of drug-likeness (QED) is 0.875. The first-order chi connectivity index (χ1) is 8.59. The van der Waals surface area contributed by atoms with Crippen molar-refractivity contribution >= 4 is 22.5 Å². The third-order valence-corrected chi connectivity index (χ3v) is 4.39. The van der Waals surface area contributed by atoms with Crippen LogP contribution < -0.4 is 5.32 Å². The average Bonchev–Trinajstić information content (AvgIpc) is 2.69. The zero-order valence-corrected chi connectivity index (χ0v) is 11.6. The summed E-state index contributed by atoms with van der Waals surface area (Å²) in [5, 5.41) is 13.1. The van der Waals surface area contributed by atoms with Crippen LogP contribution in [0.5, 0.6) is 0 Å². The summed E-state index contributed by atoms with van der Waals surface area (Å²) in [6.07, 6.45) is 3.68. The van der Waals surface area contributed by atoms with Gasteiger partial charge in [-0.3, -0.25) is 0 Å². The molecular formula is C12H19N3O2S. The number of likely N-dealkylation sites (N-methyl/N-ethyl adjacent to an activating group) is 1. The number of rotatable bonds is 4. The van der Waals surface area contributed by atoms with Crippen molar-refractivity contribution in [3.8, 4) is 0 Å². The molecule has 2 N–H and O–H groups in total. The molecule has 1 unspecified atom stereocenters. The van der Waals surface area contributed by atoms with E-state index in [1.54, 1.807) is 6.92 Å². The summed E-state index contributed by atoms with van der Waals surface area (Å²) in [5.74, 6) is -0.902. The summed E-state index contributed by atoms with van der Waals surface area (Å²) in [6.45, 7) is 3.65. The fraction of sp³-hybridized carbons (Fsp3) is 0.667. The molecule has 1 saturated heterocycles. The number of aromatic nitrogens is 1. The van der Waals surface area contributed by atoms with Crippen LogP contribution in [0.1, 0.15) is 35.3 Å². The number of nitrogens with one attached hydrogen (secondary N) is 1. The first kappa shape index (κ1) is 13.3. The molecule has 1 atom stereocenters. The second-order valence-electron chi connectivity index (χ2n) is 4.79. The minimum Gasteiger partial charge on any atom is -0.478 e. The highest BCUT2D eigenvalue weighted by Crippen LogP contribution is 2.25. The summed E-state index contributed by atoms with van der Waals surface area (Å²) < 4.78 is 4.11. The largest absolute Gasteiger partial charge is 0.478 e. The Morgan fingerprint density at radius 3 is 3.06 bits per heavy atom. The summed E-state index contributed by atoms with van der Waals surface area (Å²) in [7, 11) is 2.13. The van der Waals surface area contributed by atoms with Gasteiger partial charge in [-0.2, -0.15) is 4.37 Å². The van der Waals surface area contributed by atoms with Crippen LogP contribution in [0.4, 0.5) is 5.00 Å². The maximum absolute atomic E-state index is 11.1. The van der Waals surface area contributed by atoms with Crippen LogP contribution in [-0.4, -0.2) is 46.5 Å². The number of likely N-dealkylation sites (tertiary alicyclic amines) is 1. The molecule has 0 saturated carbocycles. The number of nitrogens with zero attached hydrogens (tertiary/aromatic N) is 2. The van der Waals surface area contributed by atoms with Gasteiger partial charge in [-0.25, -0.2) is 4.79 Å². The molecule has 1 aliphatic rings. The van der Waals surface area contributed by atoms with E-state index >= 15 is 0 Å². The van der Waals surface area contributed by atoms with Gasteiger partial charge in [0.25, 0.3) is 0 Å². The van der Waals surface area contributed by atoms with Gasteiger partial charge >= 0.3 is 5.97 Å². The van der Waals surface area contributed by atoms with Crippen molar-refractivity contribution in [2.75, 3.05) is 25.5 Å². The van der Waals surface area contributed by atoms with Crippen LogP contribution in [0.15, 0.2) is 0 Å². The summed E-state index contributed by atoms with van der Waals surface area (Å²) in [6, 6.07) is 0.489. The maximum atomic E-state index is 11.1. The highest BCUT2D eigenvalue weighted by molar-refractivity contribution is 7.10. The molecule has 1 fully saturated rings. The van der Waals surface area contributed by atoms with Crippen LogP contribution in [0.3, 0.4) is 0 Å². The Morgan fingerprint density at radius 2 is 2.39 bits per heavy atom. The van der Waals surface area contributed by atoms with Crippen molar-refractivity contribution in [3.63, 3.8) is 0 Å². The Hall–Kier alpha value is -1.14. The van der Waals surface area contributed by atoms with Crippen molar-refractivity contribution in [3.05, 3.63) is 11.3 Å². The third kappa shape index (κ3) is 2.81. The number of anilines is 1. The topological polar surface area (TPSA) is 65.5 Å². The maximum Gasteiger partial charge on any atom is 0.340 e. The van der Waals surface area contributed by atoms with Crippen molar-refractivity contribution in [2.45, 2.75) is 32.2 Å². The lowest BCUT2D eigenvalue weighted by Gasteiger charge is -2.32. The molecule has 2 heterocycles. The van der Waals surface area contributed by atoms with Crippen molar-refractivity contribution in [1.29, 1.82) is 0 Å². The molecule has 100 valence electrons. The lowest BCUT2D eigenvalue weighted by molar-refractivity contribution is 0.0697. The lowest BCUT2D eigenvalue weighted by Crippen LogP contribution is -2.40. The summed E-state index contributed by atoms with van der Waals surface area (Å²) in [4.78, 5) is 13.5. The van der Waals surface area contributed by atoms with E-state index in [1.165, 1.54) is 30.8 Å². The predicted molar refractivity (Wildman–Crippen MR) is 72.6 cm³/mol. The predicted octanol–water partition coefficient (Wildman–Crippen LogP) is 2.05. The molecule has 0 amide bonds. The Labute approximate surface area is 111 Å². The van der Waals surface area contributed by atoms with Crippen LogP contribution >= 0.6 is 11.5 Å². The van der Waals surface area contributed by atoms with E-state index in [0.29, 0.717) is 22.3 Å². The van der Waals surface area contributed by atoms with Crippen LogP contribution in [0.25, 0.3) is 0 Å². The molecule has 2 rings (SSSR count). The van der Waals surface area contributed by atoms with Gasteiger partial charge in [-0.15, -0.1) is 0 Å². The number of hydrogen-bond donors (Lipinski definition) is 2. The summed E-state index contributed by atoms with van der Waals surface area (Å²) in [5.41, 5.74) is 0.908. The van der Waals surface area contributed by atoms with Crippen LogP contribution in [-0.2, 0) is 0 Å². The van der Waals surface area contributed by atoms with E-state index in [4.69, 9.17) is 5.11 Å². The van der Waals surface area contributed by atoms with E-state index in [1.807, 2.05) is 0 Å². The highest BCUT2D eigenvalue weighted by atomic mass is 32.1. The number of carboxylic acid groups (broad SMARTS) is 1. The monoisotopic (exact) mass is 269 g/mol. The highest BCUT2D eigenvalue weighted by Gasteiger charge is 2.21. The van der Waals surface area contributed by atoms with Crippen molar-refractivity contribution < 1.29 is 9.90 Å². The van der Waals surface area contributed by atoms with E-state index in [-0.39, 0.29) is 0 Å². The van der Waals surface area contributed by atoms with Gasteiger partial charge in [0.15, 0.2) is 0 Å². The fourth-order valence-electron chi connectivity index (χ4n) is 2.35. The van der Waals surface area contributed by atoms with Gasteiger partial charge in [0, 0.05) is 12.6 Å². The number of aryl methyl sites for hydroxylation is 1. The molecule has 5 nitrogen and oxygen atoms in total. The molecule has 6 heteroatoms. The fourth-order valence-corrected chi connectivity index (χ4v) is 3.15. The molecule has 0 aromatic carbocycles. The first-order valence-electron chi connectivity index (χ1n) is 6.23. The lowest BCUT2D eigenvalue weighted by atomic mass is 10.0. The molecule has 1 aliphatic heterocycles. The second kappa shape index (κ2) is 5.67. The number of carboxylic acids is 1. The van der Waals surface area contributed by atoms with Crippen molar-refractivity contribution in [1.82, 2.24) is 9.27 Å². The molecule has 18 heavy (non-hydrogen) atoms. The zero-order chi connectivity index (χ0) is 13.1. The van der Waals surface area contributed by atoms with Crippen LogP contribution in [0, 0.1) is 6.92 Å². The molecule has 0 bridgehead atoms. The Morgan fingerprint density at radius 1 is 1.61 bits per heavy atom. The van der Waals surface area contributed by atoms with E-state index in [9.17, 15) is 4.79 Å². The van der Waals surface area contributed by atoms with Gasteiger partial charge < -0.3 is 15.3 Å². The van der Waals surface area contributed by atoms with Gasteiger partial charge in [0.1, 0.15) is 10.6 Å².